The van der Waals surface area contributed by atoms with Crippen LogP contribution in [0.3, 0.4) is 0 Å². The van der Waals surface area contributed by atoms with Crippen LogP contribution in [0.1, 0.15) is 15.9 Å². The Hall–Kier alpha value is -4.77. The third-order valence-corrected chi connectivity index (χ3v) is 6.33. The summed E-state index contributed by atoms with van der Waals surface area (Å²) in [6, 6.07) is 19.3. The van der Waals surface area contributed by atoms with Crippen molar-refractivity contribution in [3.05, 3.63) is 82.3 Å². The lowest BCUT2D eigenvalue weighted by Gasteiger charge is -2.14. The number of halogens is 1. The van der Waals surface area contributed by atoms with Crippen molar-refractivity contribution in [1.82, 2.24) is 5.43 Å². The first kappa shape index (κ1) is 29.2. The number of hydrogen-bond donors (Lipinski definition) is 1. The van der Waals surface area contributed by atoms with E-state index in [2.05, 4.69) is 26.5 Å². The van der Waals surface area contributed by atoms with Crippen molar-refractivity contribution >= 4 is 44.8 Å². The molecule has 0 atom stereocenters. The summed E-state index contributed by atoms with van der Waals surface area (Å²) in [6.07, 6.45) is 1.43. The molecule has 0 aliphatic heterocycles. The van der Waals surface area contributed by atoms with E-state index in [-0.39, 0.29) is 23.7 Å². The Balaban J connectivity index is 1.36. The number of hydrazone groups is 1. The van der Waals surface area contributed by atoms with Crippen molar-refractivity contribution in [1.29, 1.82) is 0 Å². The molecule has 11 heteroatoms. The Bertz CT molecular complexity index is 1580. The van der Waals surface area contributed by atoms with Crippen molar-refractivity contribution < 1.29 is 38.0 Å². The minimum absolute atomic E-state index is 0.184. The van der Waals surface area contributed by atoms with E-state index in [9.17, 15) is 9.59 Å². The van der Waals surface area contributed by atoms with Gasteiger partial charge in [-0.3, -0.25) is 4.79 Å². The van der Waals surface area contributed by atoms with E-state index in [1.54, 1.807) is 24.3 Å². The molecule has 4 rings (SSSR count). The zero-order valence-corrected chi connectivity index (χ0v) is 24.3. The second-order valence-electron chi connectivity index (χ2n) is 8.45. The van der Waals surface area contributed by atoms with Crippen molar-refractivity contribution in [2.75, 3.05) is 35.0 Å². The molecule has 0 heterocycles. The number of amides is 1. The molecule has 0 saturated heterocycles. The fraction of sp³-hybridized carbons (Fsp3) is 0.167. The Kier molecular flexibility index (Phi) is 9.64. The Morgan fingerprint density at radius 2 is 1.46 bits per heavy atom. The van der Waals surface area contributed by atoms with E-state index < -0.39 is 11.9 Å². The van der Waals surface area contributed by atoms with Crippen LogP contribution in [0, 0.1) is 0 Å². The quantitative estimate of drug-likeness (QED) is 0.103. The largest absolute Gasteiger partial charge is 0.493 e. The minimum Gasteiger partial charge on any atom is -0.493 e. The lowest BCUT2D eigenvalue weighted by Crippen LogP contribution is -2.24. The fourth-order valence-corrected chi connectivity index (χ4v) is 4.23. The van der Waals surface area contributed by atoms with Crippen molar-refractivity contribution in [3.63, 3.8) is 0 Å². The van der Waals surface area contributed by atoms with Crippen molar-refractivity contribution in [2.24, 2.45) is 5.10 Å². The number of nitrogens with one attached hydrogen (secondary N) is 1. The first-order valence-corrected chi connectivity index (χ1v) is 13.0. The van der Waals surface area contributed by atoms with Crippen LogP contribution in [0.4, 0.5) is 0 Å². The highest BCUT2D eigenvalue weighted by Crippen LogP contribution is 2.39. The van der Waals surface area contributed by atoms with Gasteiger partial charge < -0.3 is 28.4 Å². The molecule has 212 valence electrons. The number of carbonyl (C=O) groups excluding carboxylic acids is 2. The van der Waals surface area contributed by atoms with Gasteiger partial charge in [0.2, 0.25) is 5.75 Å². The van der Waals surface area contributed by atoms with E-state index in [0.29, 0.717) is 28.6 Å². The monoisotopic (exact) mass is 622 g/mol. The zero-order chi connectivity index (χ0) is 29.4. The predicted molar refractivity (Wildman–Crippen MR) is 157 cm³/mol. The molecule has 0 aliphatic rings. The van der Waals surface area contributed by atoms with Crippen LogP contribution in [-0.2, 0) is 4.79 Å². The molecule has 4 aromatic rings. The van der Waals surface area contributed by atoms with Gasteiger partial charge in [-0.1, -0.05) is 28.1 Å². The van der Waals surface area contributed by atoms with E-state index in [1.165, 1.54) is 46.8 Å². The Morgan fingerprint density at radius 3 is 2.15 bits per heavy atom. The smallest absolute Gasteiger partial charge is 0.343 e. The van der Waals surface area contributed by atoms with E-state index in [1.807, 2.05) is 30.3 Å². The molecule has 41 heavy (non-hydrogen) atoms. The number of hydrogen-bond acceptors (Lipinski definition) is 9. The molecule has 1 amide bonds. The first-order valence-electron chi connectivity index (χ1n) is 12.2. The molecular weight excluding hydrogens is 596 g/mol. The Labute approximate surface area is 244 Å². The third kappa shape index (κ3) is 7.25. The molecule has 0 radical (unpaired) electrons. The maximum Gasteiger partial charge on any atom is 0.343 e. The molecule has 0 saturated carbocycles. The summed E-state index contributed by atoms with van der Waals surface area (Å²) in [5.74, 6) is 0.937. The third-order valence-electron chi connectivity index (χ3n) is 5.84. The van der Waals surface area contributed by atoms with Crippen LogP contribution in [0.15, 0.2) is 76.3 Å². The molecule has 0 unspecified atom stereocenters. The zero-order valence-electron chi connectivity index (χ0n) is 22.7. The second kappa shape index (κ2) is 13.5. The first-order chi connectivity index (χ1) is 19.8. The number of fused-ring (bicyclic) bond motifs is 1. The SMILES string of the molecule is COc1cc(/C=N\NC(=O)COc2ccc3cc(Br)ccc3c2)ccc1OC(=O)c1cc(OC)c(OC)c(OC)c1. The van der Waals surface area contributed by atoms with E-state index in [0.717, 1.165) is 15.2 Å². The van der Waals surface area contributed by atoms with Gasteiger partial charge >= 0.3 is 5.97 Å². The van der Waals surface area contributed by atoms with Gasteiger partial charge in [-0.25, -0.2) is 10.2 Å². The van der Waals surface area contributed by atoms with Crippen LogP contribution < -0.4 is 33.8 Å². The number of nitrogens with zero attached hydrogens (tertiary/aromatic N) is 1. The highest BCUT2D eigenvalue weighted by Gasteiger charge is 2.19. The van der Waals surface area contributed by atoms with Gasteiger partial charge in [-0.15, -0.1) is 0 Å². The summed E-state index contributed by atoms with van der Waals surface area (Å²) in [6.45, 7) is -0.210. The van der Waals surface area contributed by atoms with Crippen LogP contribution in [0.2, 0.25) is 0 Å². The summed E-state index contributed by atoms with van der Waals surface area (Å²) >= 11 is 3.45. The molecule has 10 nitrogen and oxygen atoms in total. The summed E-state index contributed by atoms with van der Waals surface area (Å²) in [7, 11) is 5.82. The normalized spacial score (nSPS) is 10.8. The molecule has 0 fully saturated rings. The standard InChI is InChI=1S/C30H27BrN2O8/c1-36-25-11-18(5-10-24(25)41-30(35)21-14-26(37-2)29(39-4)27(15-21)38-3)16-32-33-28(34)17-40-23-9-7-19-12-22(31)8-6-20(19)13-23/h5-16H,17H2,1-4H3,(H,33,34)/b32-16-. The molecule has 0 bridgehead atoms. The number of methoxy groups -OCH3 is 4. The summed E-state index contributed by atoms with van der Waals surface area (Å²) < 4.78 is 33.4. The summed E-state index contributed by atoms with van der Waals surface area (Å²) in [4.78, 5) is 25.1. The molecule has 0 aromatic heterocycles. The Morgan fingerprint density at radius 1 is 0.780 bits per heavy atom. The van der Waals surface area contributed by atoms with Gasteiger partial charge in [0.15, 0.2) is 29.6 Å². The molecular formula is C30H27BrN2O8. The van der Waals surface area contributed by atoms with Crippen LogP contribution in [0.5, 0.6) is 34.5 Å². The van der Waals surface area contributed by atoms with Crippen LogP contribution >= 0.6 is 15.9 Å². The van der Waals surface area contributed by atoms with Crippen molar-refractivity contribution in [2.45, 2.75) is 0 Å². The van der Waals surface area contributed by atoms with Crippen LogP contribution in [0.25, 0.3) is 10.8 Å². The maximum atomic E-state index is 12.9. The average Bonchev–Trinajstić information content (AvgIpc) is 2.99. The van der Waals surface area contributed by atoms with Gasteiger partial charge in [-0.05, 0) is 70.9 Å². The van der Waals surface area contributed by atoms with Gasteiger partial charge in [-0.2, -0.15) is 5.10 Å². The predicted octanol–water partition coefficient (Wildman–Crippen LogP) is 5.39. The molecule has 0 spiro atoms. The number of benzene rings is 4. The fourth-order valence-electron chi connectivity index (χ4n) is 3.85. The number of carbonyl (C=O) groups is 2. The van der Waals surface area contributed by atoms with Gasteiger partial charge in [0.25, 0.3) is 5.91 Å². The minimum atomic E-state index is -0.657. The highest BCUT2D eigenvalue weighted by atomic mass is 79.9. The molecule has 0 aliphatic carbocycles. The van der Waals surface area contributed by atoms with Crippen LogP contribution in [-0.4, -0.2) is 53.1 Å². The van der Waals surface area contributed by atoms with Gasteiger partial charge in [0.1, 0.15) is 5.75 Å². The number of ether oxygens (including phenoxy) is 6. The lowest BCUT2D eigenvalue weighted by molar-refractivity contribution is -0.123. The molecule has 4 aromatic carbocycles. The summed E-state index contributed by atoms with van der Waals surface area (Å²) in [5.41, 5.74) is 3.20. The number of esters is 1. The number of rotatable bonds is 11. The molecule has 1 N–H and O–H groups in total. The maximum absolute atomic E-state index is 12.9. The van der Waals surface area contributed by atoms with E-state index in [4.69, 9.17) is 28.4 Å². The highest BCUT2D eigenvalue weighted by molar-refractivity contribution is 9.10. The topological polar surface area (TPSA) is 114 Å². The van der Waals surface area contributed by atoms with Gasteiger partial charge in [0.05, 0.1) is 40.2 Å². The lowest BCUT2D eigenvalue weighted by atomic mass is 10.1. The summed E-state index contributed by atoms with van der Waals surface area (Å²) in [5, 5.41) is 6.02. The second-order valence-corrected chi connectivity index (χ2v) is 9.36. The van der Waals surface area contributed by atoms with Gasteiger partial charge in [0, 0.05) is 4.47 Å². The average molecular weight is 623 g/mol. The van der Waals surface area contributed by atoms with E-state index >= 15 is 0 Å². The van der Waals surface area contributed by atoms with Crippen molar-refractivity contribution in [3.8, 4) is 34.5 Å².